The van der Waals surface area contributed by atoms with Crippen molar-refractivity contribution < 1.29 is 4.74 Å². The summed E-state index contributed by atoms with van der Waals surface area (Å²) >= 11 is 1.64. The second-order valence-electron chi connectivity index (χ2n) is 8.66. The van der Waals surface area contributed by atoms with E-state index in [1.807, 2.05) is 6.07 Å². The van der Waals surface area contributed by atoms with Gasteiger partial charge in [0.1, 0.15) is 10.6 Å². The number of hydrogen-bond donors (Lipinski definition) is 1. The summed E-state index contributed by atoms with van der Waals surface area (Å²) < 4.78 is 6.03. The predicted octanol–water partition coefficient (Wildman–Crippen LogP) is 4.27. The minimum atomic E-state index is 0.358. The number of nitrogen functional groups attached to an aromatic ring is 1. The molecule has 0 bridgehead atoms. The lowest BCUT2D eigenvalue weighted by Gasteiger charge is -2.33. The molecule has 2 fully saturated rings. The second-order valence-corrected chi connectivity index (χ2v) is 9.51. The summed E-state index contributed by atoms with van der Waals surface area (Å²) in [5, 5.41) is 3.31. The predicted molar refractivity (Wildman–Crippen MR) is 129 cm³/mol. The number of rotatable bonds is 7. The Kier molecular flexibility index (Phi) is 6.34. The lowest BCUT2D eigenvalue weighted by atomic mass is 9.97. The van der Waals surface area contributed by atoms with Crippen LogP contribution in [0.25, 0.3) is 21.3 Å². The van der Waals surface area contributed by atoms with Crippen molar-refractivity contribution in [2.24, 2.45) is 5.92 Å². The number of thiophene rings is 1. The first kappa shape index (κ1) is 20.7. The fourth-order valence-electron chi connectivity index (χ4n) is 4.76. The van der Waals surface area contributed by atoms with Crippen molar-refractivity contribution in [2.75, 3.05) is 56.6 Å². The highest BCUT2D eigenvalue weighted by Gasteiger charge is 2.24. The molecule has 2 aromatic heterocycles. The Bertz CT molecular complexity index is 994. The molecule has 6 nitrogen and oxygen atoms in total. The SMILES string of the molecule is Nc1nc(N2CCC(COCCN3CCCC3)CC2)c2c(-c3ccccc3)csc2n1. The molecule has 3 aromatic rings. The van der Waals surface area contributed by atoms with Crippen LogP contribution in [0, 0.1) is 5.92 Å². The van der Waals surface area contributed by atoms with E-state index in [2.05, 4.69) is 44.4 Å². The number of anilines is 2. The zero-order chi connectivity index (χ0) is 21.0. The summed E-state index contributed by atoms with van der Waals surface area (Å²) in [5.41, 5.74) is 8.47. The minimum absolute atomic E-state index is 0.358. The molecule has 0 atom stereocenters. The molecule has 0 unspecified atom stereocenters. The van der Waals surface area contributed by atoms with Crippen LogP contribution < -0.4 is 10.6 Å². The third-order valence-corrected chi connectivity index (χ3v) is 7.41. The maximum atomic E-state index is 6.07. The van der Waals surface area contributed by atoms with E-state index in [0.29, 0.717) is 11.9 Å². The van der Waals surface area contributed by atoms with Crippen LogP contribution in [0.1, 0.15) is 25.7 Å². The summed E-state index contributed by atoms with van der Waals surface area (Å²) in [6.45, 7) is 7.26. The number of fused-ring (bicyclic) bond motifs is 1. The van der Waals surface area contributed by atoms with Crippen molar-refractivity contribution in [2.45, 2.75) is 25.7 Å². The molecule has 0 spiro atoms. The highest BCUT2D eigenvalue weighted by atomic mass is 32.1. The number of ether oxygens (including phenoxy) is 1. The standard InChI is InChI=1S/C24H31N5OS/c25-24-26-22(21-20(17-31-23(21)27-24)19-6-2-1-3-7-19)29-12-8-18(9-13-29)16-30-15-14-28-10-4-5-11-28/h1-3,6-7,17-18H,4-5,8-16H2,(H2,25,26,27). The molecule has 1 aromatic carbocycles. The Balaban J connectivity index is 1.24. The van der Waals surface area contributed by atoms with E-state index in [9.17, 15) is 0 Å². The zero-order valence-electron chi connectivity index (χ0n) is 18.0. The molecule has 0 radical (unpaired) electrons. The van der Waals surface area contributed by atoms with Gasteiger partial charge in [0.2, 0.25) is 5.95 Å². The molecular formula is C24H31N5OS. The van der Waals surface area contributed by atoms with E-state index < -0.39 is 0 Å². The summed E-state index contributed by atoms with van der Waals surface area (Å²) in [5.74, 6) is 1.97. The highest BCUT2D eigenvalue weighted by Crippen LogP contribution is 2.39. The van der Waals surface area contributed by atoms with Crippen LogP contribution in [-0.2, 0) is 4.74 Å². The van der Waals surface area contributed by atoms with Gasteiger partial charge in [-0.3, -0.25) is 0 Å². The van der Waals surface area contributed by atoms with E-state index in [4.69, 9.17) is 15.5 Å². The van der Waals surface area contributed by atoms with Crippen molar-refractivity contribution in [1.82, 2.24) is 14.9 Å². The van der Waals surface area contributed by atoms with Gasteiger partial charge in [-0.2, -0.15) is 4.98 Å². The number of nitrogens with zero attached hydrogens (tertiary/aromatic N) is 4. The monoisotopic (exact) mass is 437 g/mol. The molecule has 2 aliphatic heterocycles. The first-order valence-corrected chi connectivity index (χ1v) is 12.3. The van der Waals surface area contributed by atoms with Crippen LogP contribution in [0.3, 0.4) is 0 Å². The molecule has 0 aliphatic carbocycles. The van der Waals surface area contributed by atoms with Crippen molar-refractivity contribution in [3.05, 3.63) is 35.7 Å². The highest BCUT2D eigenvalue weighted by molar-refractivity contribution is 7.17. The van der Waals surface area contributed by atoms with Gasteiger partial charge in [-0.15, -0.1) is 11.3 Å². The van der Waals surface area contributed by atoms with Gasteiger partial charge in [-0.1, -0.05) is 30.3 Å². The number of benzene rings is 1. The number of piperidine rings is 1. The van der Waals surface area contributed by atoms with Crippen LogP contribution in [-0.4, -0.2) is 60.8 Å². The number of likely N-dealkylation sites (tertiary alicyclic amines) is 1. The molecule has 5 rings (SSSR count). The first-order valence-electron chi connectivity index (χ1n) is 11.4. The van der Waals surface area contributed by atoms with Crippen molar-refractivity contribution in [1.29, 1.82) is 0 Å². The van der Waals surface area contributed by atoms with E-state index in [0.717, 1.165) is 61.7 Å². The van der Waals surface area contributed by atoms with Gasteiger partial charge in [0.15, 0.2) is 0 Å². The second kappa shape index (κ2) is 9.51. The number of hydrogen-bond acceptors (Lipinski definition) is 7. The van der Waals surface area contributed by atoms with E-state index in [-0.39, 0.29) is 0 Å². The van der Waals surface area contributed by atoms with Crippen molar-refractivity contribution in [3.63, 3.8) is 0 Å². The molecule has 0 amide bonds. The lowest BCUT2D eigenvalue weighted by Crippen LogP contribution is -2.36. The van der Waals surface area contributed by atoms with Gasteiger partial charge in [0.05, 0.1) is 12.0 Å². The van der Waals surface area contributed by atoms with Gasteiger partial charge < -0.3 is 20.3 Å². The molecule has 7 heteroatoms. The van der Waals surface area contributed by atoms with Crippen LogP contribution in [0.5, 0.6) is 0 Å². The molecular weight excluding hydrogens is 406 g/mol. The smallest absolute Gasteiger partial charge is 0.223 e. The average molecular weight is 438 g/mol. The van der Waals surface area contributed by atoms with Gasteiger partial charge in [-0.25, -0.2) is 4.98 Å². The number of aromatic nitrogens is 2. The van der Waals surface area contributed by atoms with Gasteiger partial charge in [0, 0.05) is 37.2 Å². The third kappa shape index (κ3) is 4.68. The Morgan fingerprint density at radius 1 is 1.03 bits per heavy atom. The van der Waals surface area contributed by atoms with Crippen LogP contribution in [0.15, 0.2) is 35.7 Å². The topological polar surface area (TPSA) is 67.5 Å². The summed E-state index contributed by atoms with van der Waals surface area (Å²) in [6, 6.07) is 10.5. The molecule has 0 saturated carbocycles. The maximum absolute atomic E-state index is 6.07. The Morgan fingerprint density at radius 2 is 1.81 bits per heavy atom. The van der Waals surface area contributed by atoms with Crippen molar-refractivity contribution in [3.8, 4) is 11.1 Å². The normalized spacial score (nSPS) is 18.3. The van der Waals surface area contributed by atoms with E-state index in [1.165, 1.54) is 37.1 Å². The Labute approximate surface area is 188 Å². The van der Waals surface area contributed by atoms with Crippen LogP contribution >= 0.6 is 11.3 Å². The molecule has 4 heterocycles. The maximum Gasteiger partial charge on any atom is 0.223 e. The van der Waals surface area contributed by atoms with Gasteiger partial charge >= 0.3 is 0 Å². The molecule has 31 heavy (non-hydrogen) atoms. The molecule has 164 valence electrons. The van der Waals surface area contributed by atoms with Crippen molar-refractivity contribution >= 4 is 33.3 Å². The summed E-state index contributed by atoms with van der Waals surface area (Å²) in [6.07, 6.45) is 4.94. The van der Waals surface area contributed by atoms with Gasteiger partial charge in [-0.05, 0) is 50.3 Å². The van der Waals surface area contributed by atoms with Crippen LogP contribution in [0.4, 0.5) is 11.8 Å². The lowest BCUT2D eigenvalue weighted by molar-refractivity contribution is 0.0753. The van der Waals surface area contributed by atoms with Gasteiger partial charge in [0.25, 0.3) is 0 Å². The minimum Gasteiger partial charge on any atom is -0.380 e. The number of nitrogens with two attached hydrogens (primary N) is 1. The first-order chi connectivity index (χ1) is 15.3. The fourth-order valence-corrected chi connectivity index (χ4v) is 5.71. The quantitative estimate of drug-likeness (QED) is 0.557. The zero-order valence-corrected chi connectivity index (χ0v) is 18.8. The molecule has 2 N–H and O–H groups in total. The average Bonchev–Trinajstić information content (AvgIpc) is 3.47. The summed E-state index contributed by atoms with van der Waals surface area (Å²) in [7, 11) is 0. The van der Waals surface area contributed by atoms with E-state index in [1.54, 1.807) is 11.3 Å². The molecule has 2 saturated heterocycles. The fraction of sp³-hybridized carbons (Fsp3) is 0.500. The third-order valence-electron chi connectivity index (χ3n) is 6.53. The Hall–Kier alpha value is -2.22. The molecule has 2 aliphatic rings. The van der Waals surface area contributed by atoms with E-state index >= 15 is 0 Å². The van der Waals surface area contributed by atoms with Crippen LogP contribution in [0.2, 0.25) is 0 Å². The largest absolute Gasteiger partial charge is 0.380 e. The Morgan fingerprint density at radius 3 is 2.58 bits per heavy atom. The summed E-state index contributed by atoms with van der Waals surface area (Å²) in [4.78, 5) is 15.1.